The van der Waals surface area contributed by atoms with Crippen molar-refractivity contribution in [2.24, 2.45) is 5.92 Å². The molecule has 0 spiro atoms. The highest BCUT2D eigenvalue weighted by molar-refractivity contribution is 7.09. The average molecular weight is 224 g/mol. The molecule has 2 heterocycles. The summed E-state index contributed by atoms with van der Waals surface area (Å²) in [6.07, 6.45) is 4.06. The zero-order chi connectivity index (χ0) is 10.3. The van der Waals surface area contributed by atoms with Crippen LogP contribution < -0.4 is 10.6 Å². The van der Waals surface area contributed by atoms with E-state index in [-0.39, 0.29) is 0 Å². The van der Waals surface area contributed by atoms with Crippen LogP contribution in [0.3, 0.4) is 0 Å². The van der Waals surface area contributed by atoms with Crippen LogP contribution in [0.15, 0.2) is 17.5 Å². The Morgan fingerprint density at radius 1 is 1.40 bits per heavy atom. The first-order valence-corrected chi connectivity index (χ1v) is 6.77. The quantitative estimate of drug-likeness (QED) is 0.750. The van der Waals surface area contributed by atoms with Gasteiger partial charge in [-0.3, -0.25) is 0 Å². The summed E-state index contributed by atoms with van der Waals surface area (Å²) in [5.41, 5.74) is 0. The van der Waals surface area contributed by atoms with Gasteiger partial charge in [-0.05, 0) is 56.3 Å². The van der Waals surface area contributed by atoms with E-state index in [0.717, 1.165) is 12.5 Å². The minimum atomic E-state index is 0.946. The normalized spacial score (nSPS) is 18.1. The molecule has 1 aliphatic rings. The van der Waals surface area contributed by atoms with E-state index in [1.807, 2.05) is 11.3 Å². The number of piperidine rings is 1. The van der Waals surface area contributed by atoms with Crippen LogP contribution >= 0.6 is 11.3 Å². The van der Waals surface area contributed by atoms with Crippen LogP contribution in [0.2, 0.25) is 0 Å². The van der Waals surface area contributed by atoms with Crippen molar-refractivity contribution < 1.29 is 0 Å². The maximum atomic E-state index is 3.53. The van der Waals surface area contributed by atoms with Gasteiger partial charge in [0.1, 0.15) is 0 Å². The van der Waals surface area contributed by atoms with E-state index in [1.165, 1.54) is 43.8 Å². The molecule has 0 amide bonds. The molecular formula is C12H20N2S. The predicted octanol–water partition coefficient (Wildman–Crippen LogP) is 2.23. The third-order valence-corrected chi connectivity index (χ3v) is 3.94. The largest absolute Gasteiger partial charge is 0.317 e. The van der Waals surface area contributed by atoms with Crippen molar-refractivity contribution >= 4 is 11.3 Å². The van der Waals surface area contributed by atoms with Crippen molar-refractivity contribution in [2.75, 3.05) is 19.6 Å². The molecule has 84 valence electrons. The van der Waals surface area contributed by atoms with Crippen LogP contribution in [0.4, 0.5) is 0 Å². The Morgan fingerprint density at radius 2 is 2.27 bits per heavy atom. The number of hydrogen-bond donors (Lipinski definition) is 2. The van der Waals surface area contributed by atoms with Gasteiger partial charge in [0.15, 0.2) is 0 Å². The summed E-state index contributed by atoms with van der Waals surface area (Å²) >= 11 is 1.84. The highest BCUT2D eigenvalue weighted by Crippen LogP contribution is 2.15. The molecule has 2 rings (SSSR count). The maximum absolute atomic E-state index is 3.53. The lowest BCUT2D eigenvalue weighted by Crippen LogP contribution is -2.29. The summed E-state index contributed by atoms with van der Waals surface area (Å²) in [5.74, 6) is 0.946. The summed E-state index contributed by atoms with van der Waals surface area (Å²) in [4.78, 5) is 1.44. The third-order valence-electron chi connectivity index (χ3n) is 3.07. The van der Waals surface area contributed by atoms with Crippen molar-refractivity contribution in [2.45, 2.75) is 25.8 Å². The van der Waals surface area contributed by atoms with Crippen molar-refractivity contribution in [3.05, 3.63) is 22.4 Å². The number of rotatable bonds is 5. The fourth-order valence-corrected chi connectivity index (χ4v) is 2.78. The Labute approximate surface area is 96.1 Å². The van der Waals surface area contributed by atoms with E-state index >= 15 is 0 Å². The smallest absolute Gasteiger partial charge is 0.0299 e. The Balaban J connectivity index is 1.54. The Morgan fingerprint density at radius 3 is 3.00 bits per heavy atom. The molecule has 2 N–H and O–H groups in total. The molecule has 0 aliphatic carbocycles. The molecule has 0 atom stereocenters. The summed E-state index contributed by atoms with van der Waals surface area (Å²) in [7, 11) is 0. The molecule has 0 unspecified atom stereocenters. The van der Waals surface area contributed by atoms with Crippen molar-refractivity contribution in [1.29, 1.82) is 0 Å². The number of thiophene rings is 1. The van der Waals surface area contributed by atoms with Gasteiger partial charge in [-0.1, -0.05) is 6.07 Å². The Hall–Kier alpha value is -0.380. The van der Waals surface area contributed by atoms with E-state index in [4.69, 9.17) is 0 Å². The van der Waals surface area contributed by atoms with Crippen LogP contribution in [0, 0.1) is 5.92 Å². The molecule has 1 aromatic heterocycles. The zero-order valence-corrected chi connectivity index (χ0v) is 9.98. The molecule has 1 aliphatic heterocycles. The molecule has 1 saturated heterocycles. The van der Waals surface area contributed by atoms with Crippen LogP contribution in [0.25, 0.3) is 0 Å². The first-order chi connectivity index (χ1) is 7.45. The summed E-state index contributed by atoms with van der Waals surface area (Å²) in [5, 5.41) is 9.08. The lowest BCUT2D eigenvalue weighted by molar-refractivity contribution is 0.348. The molecule has 0 bridgehead atoms. The van der Waals surface area contributed by atoms with Crippen LogP contribution in [0.1, 0.15) is 24.1 Å². The van der Waals surface area contributed by atoms with Gasteiger partial charge >= 0.3 is 0 Å². The highest BCUT2D eigenvalue weighted by atomic mass is 32.1. The predicted molar refractivity (Wildman–Crippen MR) is 66.2 cm³/mol. The van der Waals surface area contributed by atoms with E-state index < -0.39 is 0 Å². The summed E-state index contributed by atoms with van der Waals surface area (Å²) < 4.78 is 0. The molecule has 2 nitrogen and oxygen atoms in total. The molecule has 0 saturated carbocycles. The average Bonchev–Trinajstić information content (AvgIpc) is 2.79. The zero-order valence-electron chi connectivity index (χ0n) is 9.17. The van der Waals surface area contributed by atoms with Gasteiger partial charge < -0.3 is 10.6 Å². The van der Waals surface area contributed by atoms with E-state index in [2.05, 4.69) is 28.1 Å². The van der Waals surface area contributed by atoms with E-state index in [1.54, 1.807) is 0 Å². The number of hydrogen-bond acceptors (Lipinski definition) is 3. The second kappa shape index (κ2) is 6.26. The third kappa shape index (κ3) is 3.93. The van der Waals surface area contributed by atoms with Crippen LogP contribution in [0.5, 0.6) is 0 Å². The van der Waals surface area contributed by atoms with Gasteiger partial charge in [0.2, 0.25) is 0 Å². The molecule has 3 heteroatoms. The second-order valence-electron chi connectivity index (χ2n) is 4.24. The van der Waals surface area contributed by atoms with Gasteiger partial charge in [-0.2, -0.15) is 0 Å². The van der Waals surface area contributed by atoms with E-state index in [0.29, 0.717) is 0 Å². The lowest BCUT2D eigenvalue weighted by atomic mass is 9.95. The maximum Gasteiger partial charge on any atom is 0.0299 e. The minimum Gasteiger partial charge on any atom is -0.317 e. The molecule has 1 aromatic rings. The van der Waals surface area contributed by atoms with Gasteiger partial charge in [-0.25, -0.2) is 0 Å². The molecule has 0 aromatic carbocycles. The fraction of sp³-hybridized carbons (Fsp3) is 0.667. The first-order valence-electron chi connectivity index (χ1n) is 5.89. The number of nitrogens with one attached hydrogen (secondary N) is 2. The van der Waals surface area contributed by atoms with Gasteiger partial charge in [-0.15, -0.1) is 11.3 Å². The van der Waals surface area contributed by atoms with Crippen molar-refractivity contribution in [1.82, 2.24) is 10.6 Å². The molecule has 0 radical (unpaired) electrons. The van der Waals surface area contributed by atoms with Gasteiger partial charge in [0.05, 0.1) is 0 Å². The fourth-order valence-electron chi connectivity index (χ4n) is 2.10. The standard InChI is InChI=1S/C12H20N2S/c1-2-12(15-9-1)10-14-8-5-11-3-6-13-7-4-11/h1-2,9,11,13-14H,3-8,10H2. The first kappa shape index (κ1) is 11.1. The Kier molecular flexibility index (Phi) is 4.64. The SMILES string of the molecule is c1csc(CNCCC2CCNCC2)c1. The minimum absolute atomic E-state index is 0.946. The topological polar surface area (TPSA) is 24.1 Å². The van der Waals surface area contributed by atoms with Crippen molar-refractivity contribution in [3.63, 3.8) is 0 Å². The van der Waals surface area contributed by atoms with Gasteiger partial charge in [0, 0.05) is 11.4 Å². The molecule has 15 heavy (non-hydrogen) atoms. The van der Waals surface area contributed by atoms with Crippen molar-refractivity contribution in [3.8, 4) is 0 Å². The monoisotopic (exact) mass is 224 g/mol. The highest BCUT2D eigenvalue weighted by Gasteiger charge is 2.11. The Bertz CT molecular complexity index is 253. The summed E-state index contributed by atoms with van der Waals surface area (Å²) in [6.45, 7) is 4.65. The van der Waals surface area contributed by atoms with Crippen LogP contribution in [-0.2, 0) is 6.54 Å². The lowest BCUT2D eigenvalue weighted by Gasteiger charge is -2.22. The summed E-state index contributed by atoms with van der Waals surface area (Å²) in [6, 6.07) is 4.32. The van der Waals surface area contributed by atoms with Gasteiger partial charge in [0.25, 0.3) is 0 Å². The molecule has 1 fully saturated rings. The molecular weight excluding hydrogens is 204 g/mol. The van der Waals surface area contributed by atoms with Crippen LogP contribution in [-0.4, -0.2) is 19.6 Å². The second-order valence-corrected chi connectivity index (χ2v) is 5.27. The van der Waals surface area contributed by atoms with E-state index in [9.17, 15) is 0 Å².